The number of aromatic nitrogens is 1. The maximum Gasteiger partial charge on any atom is 0.341 e. The molecule has 0 radical (unpaired) electrons. The van der Waals surface area contributed by atoms with Crippen molar-refractivity contribution in [3.8, 4) is 5.00 Å². The van der Waals surface area contributed by atoms with E-state index in [2.05, 4.69) is 27.0 Å². The Balaban J connectivity index is 1.50. The van der Waals surface area contributed by atoms with E-state index in [0.29, 0.717) is 22.2 Å². The van der Waals surface area contributed by atoms with Gasteiger partial charge in [0, 0.05) is 16.3 Å². The number of amidine groups is 1. The van der Waals surface area contributed by atoms with Crippen LogP contribution in [0.5, 0.6) is 0 Å². The van der Waals surface area contributed by atoms with Crippen LogP contribution < -0.4 is 5.32 Å². The summed E-state index contributed by atoms with van der Waals surface area (Å²) in [6.45, 7) is 10.3. The molecule has 1 aliphatic heterocycles. The number of hydrogen-bond acceptors (Lipinski definition) is 6. The highest BCUT2D eigenvalue weighted by atomic mass is 32.2. The Morgan fingerprint density at radius 2 is 1.84 bits per heavy atom. The molecule has 0 bridgehead atoms. The van der Waals surface area contributed by atoms with Crippen LogP contribution in [0.25, 0.3) is 11.1 Å². The van der Waals surface area contributed by atoms with Gasteiger partial charge in [0.15, 0.2) is 5.17 Å². The molecular weight excluding hydrogens is 502 g/mol. The summed E-state index contributed by atoms with van der Waals surface area (Å²) in [4.78, 5) is 32.4. The average Bonchev–Trinajstić information content (AvgIpc) is 3.46. The molecule has 1 aromatic carbocycles. The van der Waals surface area contributed by atoms with Crippen LogP contribution in [-0.2, 0) is 22.4 Å². The maximum absolute atomic E-state index is 13.0. The second-order valence-electron chi connectivity index (χ2n) is 9.60. The number of esters is 1. The van der Waals surface area contributed by atoms with Crippen LogP contribution in [0.1, 0.15) is 68.6 Å². The Kier molecular flexibility index (Phi) is 7.14. The summed E-state index contributed by atoms with van der Waals surface area (Å²) in [6.07, 6.45) is 6.07. The van der Waals surface area contributed by atoms with Gasteiger partial charge in [0.25, 0.3) is 5.91 Å². The van der Waals surface area contributed by atoms with Crippen LogP contribution >= 0.6 is 23.1 Å². The molecule has 0 unspecified atom stereocenters. The number of amides is 1. The first-order valence-electron chi connectivity index (χ1n) is 12.6. The first-order valence-corrected chi connectivity index (χ1v) is 14.3. The van der Waals surface area contributed by atoms with Gasteiger partial charge in [-0.15, -0.1) is 11.3 Å². The topological polar surface area (TPSA) is 72.7 Å². The average molecular weight is 534 g/mol. The molecule has 1 saturated heterocycles. The fourth-order valence-corrected chi connectivity index (χ4v) is 7.44. The highest BCUT2D eigenvalue weighted by Crippen LogP contribution is 2.40. The van der Waals surface area contributed by atoms with Crippen LogP contribution in [0.15, 0.2) is 34.2 Å². The number of hydrogen-bond donors (Lipinski definition) is 1. The molecule has 1 aliphatic carbocycles. The van der Waals surface area contributed by atoms with Crippen LogP contribution in [0.2, 0.25) is 0 Å². The van der Waals surface area contributed by atoms with Gasteiger partial charge >= 0.3 is 5.97 Å². The zero-order valence-corrected chi connectivity index (χ0v) is 23.5. The maximum atomic E-state index is 13.0. The minimum atomic E-state index is -0.248. The molecule has 3 heterocycles. The predicted octanol–water partition coefficient (Wildman–Crippen LogP) is 6.72. The molecule has 192 valence electrons. The van der Waals surface area contributed by atoms with Crippen molar-refractivity contribution in [1.29, 1.82) is 0 Å². The highest BCUT2D eigenvalue weighted by molar-refractivity contribution is 8.18. The number of thioether (sulfide) groups is 1. The standard InChI is InChI=1S/C29H31N3O3S2/c1-6-35-28(34)25-22-9-7-8-10-23(22)36-27(25)32-18(4)14-20(19(32)5)15-24-26(33)31-29(37-24)30-21-12-16(2)11-17(3)13-21/h11-15H,6-10H2,1-5H3,(H,30,31,33)/b24-15-. The summed E-state index contributed by atoms with van der Waals surface area (Å²) >= 11 is 3.04. The Bertz CT molecular complexity index is 1460. The van der Waals surface area contributed by atoms with Crippen LogP contribution in [-0.4, -0.2) is 28.2 Å². The molecule has 0 spiro atoms. The van der Waals surface area contributed by atoms with E-state index in [1.54, 1.807) is 11.3 Å². The summed E-state index contributed by atoms with van der Waals surface area (Å²) < 4.78 is 7.61. The molecule has 2 aromatic heterocycles. The molecule has 6 nitrogen and oxygen atoms in total. The molecule has 37 heavy (non-hydrogen) atoms. The van der Waals surface area contributed by atoms with Crippen molar-refractivity contribution in [1.82, 2.24) is 9.88 Å². The Labute approximate surface area is 225 Å². The molecule has 3 aromatic rings. The van der Waals surface area contributed by atoms with E-state index < -0.39 is 0 Å². The predicted molar refractivity (Wildman–Crippen MR) is 152 cm³/mol. The van der Waals surface area contributed by atoms with Gasteiger partial charge in [0.2, 0.25) is 0 Å². The zero-order chi connectivity index (χ0) is 26.3. The zero-order valence-electron chi connectivity index (χ0n) is 21.9. The van der Waals surface area contributed by atoms with Crippen molar-refractivity contribution in [3.63, 3.8) is 0 Å². The van der Waals surface area contributed by atoms with Crippen LogP contribution in [0.3, 0.4) is 0 Å². The normalized spacial score (nSPS) is 17.4. The van der Waals surface area contributed by atoms with E-state index in [1.807, 2.05) is 52.8 Å². The number of aliphatic imine (C=N–C) groups is 1. The van der Waals surface area contributed by atoms with Crippen molar-refractivity contribution in [2.45, 2.75) is 60.3 Å². The van der Waals surface area contributed by atoms with Gasteiger partial charge in [-0.05, 0) is 119 Å². The summed E-state index contributed by atoms with van der Waals surface area (Å²) in [6, 6.07) is 8.18. The summed E-state index contributed by atoms with van der Waals surface area (Å²) in [5.41, 5.74) is 7.90. The molecule has 0 saturated carbocycles. The lowest BCUT2D eigenvalue weighted by Crippen LogP contribution is -2.19. The van der Waals surface area contributed by atoms with Crippen molar-refractivity contribution >= 4 is 51.9 Å². The van der Waals surface area contributed by atoms with E-state index in [9.17, 15) is 9.59 Å². The fourth-order valence-electron chi connectivity index (χ4n) is 5.12. The van der Waals surface area contributed by atoms with Gasteiger partial charge in [0.1, 0.15) is 5.00 Å². The molecule has 2 aliphatic rings. The van der Waals surface area contributed by atoms with Crippen LogP contribution in [0.4, 0.5) is 5.69 Å². The number of aryl methyl sites for hydroxylation is 4. The third-order valence-electron chi connectivity index (χ3n) is 6.68. The number of fused-ring (bicyclic) bond motifs is 1. The fraction of sp³-hybridized carbons (Fsp3) is 0.345. The number of nitrogens with zero attached hydrogens (tertiary/aromatic N) is 2. The molecule has 0 atom stereocenters. The van der Waals surface area contributed by atoms with E-state index in [1.165, 1.54) is 16.6 Å². The number of ether oxygens (including phenoxy) is 1. The molecule has 1 amide bonds. The number of carbonyl (C=O) groups is 2. The monoisotopic (exact) mass is 533 g/mol. The third-order valence-corrected chi connectivity index (χ3v) is 8.87. The number of rotatable bonds is 5. The van der Waals surface area contributed by atoms with Gasteiger partial charge in [-0.2, -0.15) is 0 Å². The summed E-state index contributed by atoms with van der Waals surface area (Å²) in [5.74, 6) is -0.404. The van der Waals surface area contributed by atoms with E-state index in [0.717, 1.165) is 70.0 Å². The lowest BCUT2D eigenvalue weighted by atomic mass is 9.95. The number of nitrogens with one attached hydrogen (secondary N) is 1. The highest BCUT2D eigenvalue weighted by Gasteiger charge is 2.29. The van der Waals surface area contributed by atoms with Gasteiger partial charge in [-0.3, -0.25) is 4.79 Å². The van der Waals surface area contributed by atoms with Gasteiger partial charge in [-0.1, -0.05) is 6.07 Å². The van der Waals surface area contributed by atoms with Crippen molar-refractivity contribution in [2.75, 3.05) is 6.61 Å². The minimum Gasteiger partial charge on any atom is -0.462 e. The number of carbonyl (C=O) groups excluding carboxylic acids is 2. The largest absolute Gasteiger partial charge is 0.462 e. The van der Waals surface area contributed by atoms with Gasteiger partial charge in [0.05, 0.1) is 22.8 Å². The van der Waals surface area contributed by atoms with Crippen LogP contribution in [0, 0.1) is 27.7 Å². The number of thiophene rings is 1. The summed E-state index contributed by atoms with van der Waals surface area (Å²) in [7, 11) is 0. The van der Waals surface area contributed by atoms with Gasteiger partial charge in [-0.25, -0.2) is 9.79 Å². The van der Waals surface area contributed by atoms with E-state index in [4.69, 9.17) is 4.74 Å². The van der Waals surface area contributed by atoms with Gasteiger partial charge < -0.3 is 14.6 Å². The number of benzene rings is 1. The molecule has 8 heteroatoms. The van der Waals surface area contributed by atoms with E-state index in [-0.39, 0.29) is 11.9 Å². The smallest absolute Gasteiger partial charge is 0.341 e. The Morgan fingerprint density at radius 3 is 2.57 bits per heavy atom. The third kappa shape index (κ3) is 5.05. The van der Waals surface area contributed by atoms with E-state index >= 15 is 0 Å². The minimum absolute atomic E-state index is 0.156. The lowest BCUT2D eigenvalue weighted by Gasteiger charge is -2.13. The SMILES string of the molecule is CCOC(=O)c1c(-n2c(C)cc(/C=C3\SC(=Nc4cc(C)cc(C)c4)NC3=O)c2C)sc2c1CCCC2. The van der Waals surface area contributed by atoms with Crippen molar-refractivity contribution < 1.29 is 14.3 Å². The first-order chi connectivity index (χ1) is 17.7. The molecule has 1 fully saturated rings. The van der Waals surface area contributed by atoms with Crippen molar-refractivity contribution in [3.05, 3.63) is 73.3 Å². The second-order valence-corrected chi connectivity index (χ2v) is 11.7. The van der Waals surface area contributed by atoms with Crippen molar-refractivity contribution in [2.24, 2.45) is 4.99 Å². The molecule has 1 N–H and O–H groups in total. The summed E-state index contributed by atoms with van der Waals surface area (Å²) in [5, 5.41) is 4.39. The lowest BCUT2D eigenvalue weighted by molar-refractivity contribution is -0.115. The second kappa shape index (κ2) is 10.3. The Hall–Kier alpha value is -3.10. The Morgan fingerprint density at radius 1 is 1.11 bits per heavy atom. The quantitative estimate of drug-likeness (QED) is 0.292. The molecule has 5 rings (SSSR count). The molecular formula is C29H31N3O3S2. The first kappa shape index (κ1) is 25.5.